The number of nitrogens with two attached hydrogens (primary N) is 1. The van der Waals surface area contributed by atoms with Crippen LogP contribution in [0.4, 0.5) is 0 Å². The zero-order valence-electron chi connectivity index (χ0n) is 11.3. The molecule has 0 saturated heterocycles. The van der Waals surface area contributed by atoms with Gasteiger partial charge in [-0.3, -0.25) is 4.79 Å². The molecule has 0 bridgehead atoms. The van der Waals surface area contributed by atoms with E-state index in [-0.39, 0.29) is 30.2 Å². The summed E-state index contributed by atoms with van der Waals surface area (Å²) in [6.07, 6.45) is 0.409. The summed E-state index contributed by atoms with van der Waals surface area (Å²) in [5, 5.41) is 21.0. The third-order valence-corrected chi connectivity index (χ3v) is 3.24. The summed E-state index contributed by atoms with van der Waals surface area (Å²) in [4.78, 5) is 11.9. The van der Waals surface area contributed by atoms with Crippen molar-refractivity contribution in [3.05, 3.63) is 29.8 Å². The minimum Gasteiger partial charge on any atom is -0.508 e. The molecule has 5 heteroatoms. The van der Waals surface area contributed by atoms with Crippen LogP contribution in [0.5, 0.6) is 5.75 Å². The Kier molecular flexibility index (Phi) is 5.79. The molecule has 5 N–H and O–H groups in total. The molecule has 0 fully saturated rings. The largest absolute Gasteiger partial charge is 0.508 e. The van der Waals surface area contributed by atoms with E-state index in [0.717, 1.165) is 5.56 Å². The third-order valence-electron chi connectivity index (χ3n) is 3.24. The van der Waals surface area contributed by atoms with E-state index in [9.17, 15) is 9.90 Å². The molecule has 0 aliphatic rings. The zero-order valence-corrected chi connectivity index (χ0v) is 11.3. The summed E-state index contributed by atoms with van der Waals surface area (Å²) in [6.45, 7) is 3.72. The number of aliphatic hydroxyl groups excluding tert-OH is 1. The first-order chi connectivity index (χ1) is 8.93. The van der Waals surface area contributed by atoms with Crippen LogP contribution in [0.15, 0.2) is 24.3 Å². The maximum Gasteiger partial charge on any atom is 0.237 e. The van der Waals surface area contributed by atoms with E-state index in [1.165, 1.54) is 0 Å². The van der Waals surface area contributed by atoms with Gasteiger partial charge in [0.25, 0.3) is 0 Å². The normalized spacial score (nSPS) is 15.6. The van der Waals surface area contributed by atoms with E-state index >= 15 is 0 Å². The molecule has 1 rings (SSSR count). The zero-order chi connectivity index (χ0) is 14.4. The van der Waals surface area contributed by atoms with Crippen LogP contribution in [0, 0.1) is 5.92 Å². The Balaban J connectivity index is 2.51. The van der Waals surface area contributed by atoms with Gasteiger partial charge in [-0.2, -0.15) is 0 Å². The van der Waals surface area contributed by atoms with Gasteiger partial charge in [0.2, 0.25) is 5.91 Å². The van der Waals surface area contributed by atoms with E-state index in [2.05, 4.69) is 5.32 Å². The van der Waals surface area contributed by atoms with Crippen molar-refractivity contribution in [1.29, 1.82) is 0 Å². The quantitative estimate of drug-likeness (QED) is 0.599. The number of nitrogens with one attached hydrogen (secondary N) is 1. The van der Waals surface area contributed by atoms with Crippen molar-refractivity contribution >= 4 is 5.91 Å². The van der Waals surface area contributed by atoms with Crippen LogP contribution in [0.2, 0.25) is 0 Å². The van der Waals surface area contributed by atoms with Crippen molar-refractivity contribution in [3.63, 3.8) is 0 Å². The van der Waals surface area contributed by atoms with E-state index in [1.807, 2.05) is 13.8 Å². The molecule has 0 aliphatic heterocycles. The molecule has 5 nitrogen and oxygen atoms in total. The second-order valence-corrected chi connectivity index (χ2v) is 4.93. The highest BCUT2D eigenvalue weighted by Gasteiger charge is 2.19. The Labute approximate surface area is 113 Å². The van der Waals surface area contributed by atoms with E-state index in [0.29, 0.717) is 6.42 Å². The summed E-state index contributed by atoms with van der Waals surface area (Å²) >= 11 is 0. The van der Waals surface area contributed by atoms with Gasteiger partial charge >= 0.3 is 0 Å². The fourth-order valence-corrected chi connectivity index (χ4v) is 1.61. The van der Waals surface area contributed by atoms with Crippen LogP contribution < -0.4 is 11.1 Å². The number of rotatable bonds is 6. The van der Waals surface area contributed by atoms with Crippen molar-refractivity contribution < 1.29 is 15.0 Å². The average Bonchev–Trinajstić information content (AvgIpc) is 2.40. The van der Waals surface area contributed by atoms with Crippen molar-refractivity contribution in [2.75, 3.05) is 6.61 Å². The van der Waals surface area contributed by atoms with Gasteiger partial charge < -0.3 is 21.3 Å². The summed E-state index contributed by atoms with van der Waals surface area (Å²) in [7, 11) is 0. The first kappa shape index (κ1) is 15.5. The van der Waals surface area contributed by atoms with Gasteiger partial charge in [0, 0.05) is 12.6 Å². The van der Waals surface area contributed by atoms with Crippen LogP contribution in [0.1, 0.15) is 19.4 Å². The van der Waals surface area contributed by atoms with E-state index in [4.69, 9.17) is 10.8 Å². The number of carbonyl (C=O) groups is 1. The smallest absolute Gasteiger partial charge is 0.237 e. The van der Waals surface area contributed by atoms with Gasteiger partial charge in [0.1, 0.15) is 5.75 Å². The molecule has 1 aromatic rings. The fraction of sp³-hybridized carbons (Fsp3) is 0.500. The lowest BCUT2D eigenvalue weighted by Crippen LogP contribution is -2.47. The van der Waals surface area contributed by atoms with E-state index in [1.54, 1.807) is 24.3 Å². The molecular formula is C14H22N2O3. The molecule has 19 heavy (non-hydrogen) atoms. The van der Waals surface area contributed by atoms with Crippen LogP contribution in [0.25, 0.3) is 0 Å². The number of hydrogen-bond donors (Lipinski definition) is 4. The van der Waals surface area contributed by atoms with Gasteiger partial charge in [-0.05, 0) is 37.0 Å². The molecular weight excluding hydrogens is 244 g/mol. The van der Waals surface area contributed by atoms with Crippen LogP contribution in [0.3, 0.4) is 0 Å². The Morgan fingerprint density at radius 1 is 1.32 bits per heavy atom. The SMILES string of the molecule is CC(CO)C(C)NC(=O)[C@@H](N)Cc1ccc(O)cc1. The van der Waals surface area contributed by atoms with Gasteiger partial charge in [-0.1, -0.05) is 19.1 Å². The van der Waals surface area contributed by atoms with E-state index < -0.39 is 6.04 Å². The fourth-order valence-electron chi connectivity index (χ4n) is 1.61. The van der Waals surface area contributed by atoms with Crippen molar-refractivity contribution in [2.45, 2.75) is 32.4 Å². The maximum atomic E-state index is 11.9. The highest BCUT2D eigenvalue weighted by molar-refractivity contribution is 5.82. The Bertz CT molecular complexity index is 406. The van der Waals surface area contributed by atoms with Gasteiger partial charge in [0.05, 0.1) is 6.04 Å². The minimum absolute atomic E-state index is 0.00942. The van der Waals surface area contributed by atoms with Crippen LogP contribution in [-0.2, 0) is 11.2 Å². The lowest BCUT2D eigenvalue weighted by atomic mass is 10.0. The third kappa shape index (κ3) is 4.89. The number of phenolic OH excluding ortho intramolecular Hbond substituents is 1. The lowest BCUT2D eigenvalue weighted by molar-refractivity contribution is -0.123. The second kappa shape index (κ2) is 7.11. The Morgan fingerprint density at radius 3 is 2.42 bits per heavy atom. The number of carbonyl (C=O) groups excluding carboxylic acids is 1. The first-order valence-electron chi connectivity index (χ1n) is 6.38. The molecule has 1 amide bonds. The molecule has 0 aliphatic carbocycles. The standard InChI is InChI=1S/C14H22N2O3/c1-9(8-17)10(2)16-14(19)13(15)7-11-3-5-12(18)6-4-11/h3-6,9-10,13,17-18H,7-8,15H2,1-2H3,(H,16,19)/t9?,10?,13-/m0/s1. The second-order valence-electron chi connectivity index (χ2n) is 4.93. The molecule has 106 valence electrons. The topological polar surface area (TPSA) is 95.6 Å². The molecule has 3 atom stereocenters. The molecule has 0 aromatic heterocycles. The molecule has 0 heterocycles. The summed E-state index contributed by atoms with van der Waals surface area (Å²) < 4.78 is 0. The van der Waals surface area contributed by atoms with Crippen LogP contribution >= 0.6 is 0 Å². The molecule has 2 unspecified atom stereocenters. The molecule has 0 radical (unpaired) electrons. The first-order valence-corrected chi connectivity index (χ1v) is 6.38. The van der Waals surface area contributed by atoms with Crippen molar-refractivity contribution in [3.8, 4) is 5.75 Å². The molecule has 0 saturated carbocycles. The van der Waals surface area contributed by atoms with Gasteiger partial charge in [-0.25, -0.2) is 0 Å². The number of hydrogen-bond acceptors (Lipinski definition) is 4. The highest BCUT2D eigenvalue weighted by atomic mass is 16.3. The molecule has 1 aromatic carbocycles. The minimum atomic E-state index is -0.641. The maximum absolute atomic E-state index is 11.9. The predicted molar refractivity (Wildman–Crippen MR) is 73.6 cm³/mol. The average molecular weight is 266 g/mol. The summed E-state index contributed by atoms with van der Waals surface area (Å²) in [5.74, 6) is -0.0575. The highest BCUT2D eigenvalue weighted by Crippen LogP contribution is 2.11. The van der Waals surface area contributed by atoms with Gasteiger partial charge in [-0.15, -0.1) is 0 Å². The Hall–Kier alpha value is -1.59. The Morgan fingerprint density at radius 2 is 1.89 bits per heavy atom. The lowest BCUT2D eigenvalue weighted by Gasteiger charge is -2.21. The van der Waals surface area contributed by atoms with Crippen molar-refractivity contribution in [2.24, 2.45) is 11.7 Å². The number of benzene rings is 1. The summed E-state index contributed by atoms with van der Waals surface area (Å²) in [5.41, 5.74) is 6.73. The number of phenols is 1. The van der Waals surface area contributed by atoms with Crippen LogP contribution in [-0.4, -0.2) is 34.8 Å². The monoisotopic (exact) mass is 266 g/mol. The number of aromatic hydroxyl groups is 1. The predicted octanol–water partition coefficient (Wildman–Crippen LogP) is 0.395. The van der Waals surface area contributed by atoms with Crippen molar-refractivity contribution in [1.82, 2.24) is 5.32 Å². The number of aliphatic hydroxyl groups is 1. The molecule has 0 spiro atoms. The van der Waals surface area contributed by atoms with Gasteiger partial charge in [0.15, 0.2) is 0 Å². The summed E-state index contributed by atoms with van der Waals surface area (Å²) in [6, 6.07) is 5.85. The number of amides is 1.